The first-order chi connectivity index (χ1) is 12.6. The van der Waals surface area contributed by atoms with Crippen molar-refractivity contribution >= 4 is 17.4 Å². The van der Waals surface area contributed by atoms with Gasteiger partial charge in [-0.15, -0.1) is 0 Å². The molecule has 140 valence electrons. The Labute approximate surface area is 159 Å². The molecule has 0 amide bonds. The van der Waals surface area contributed by atoms with Crippen molar-refractivity contribution < 1.29 is 4.39 Å². The fourth-order valence-corrected chi connectivity index (χ4v) is 3.65. The normalized spacial score (nSPS) is 19.0. The van der Waals surface area contributed by atoms with E-state index in [2.05, 4.69) is 23.2 Å². The summed E-state index contributed by atoms with van der Waals surface area (Å²) < 4.78 is 14.8. The number of nitrogens with zero attached hydrogens (tertiary/aromatic N) is 2. The quantitative estimate of drug-likeness (QED) is 0.600. The van der Waals surface area contributed by atoms with Crippen molar-refractivity contribution in [2.75, 3.05) is 26.2 Å². The van der Waals surface area contributed by atoms with Gasteiger partial charge < -0.3 is 15.1 Å². The highest BCUT2D eigenvalue weighted by Gasteiger charge is 2.22. The van der Waals surface area contributed by atoms with Gasteiger partial charge in [0.15, 0.2) is 0 Å². The molecule has 0 atom stereocenters. The molecule has 0 aromatic heterocycles. The summed E-state index contributed by atoms with van der Waals surface area (Å²) in [6, 6.07) is 3.18. The first-order valence-electron chi connectivity index (χ1n) is 9.27. The summed E-state index contributed by atoms with van der Waals surface area (Å²) in [5, 5.41) is 12.0. The van der Waals surface area contributed by atoms with Gasteiger partial charge in [-0.3, -0.25) is 5.41 Å². The Morgan fingerprint density at radius 2 is 2.08 bits per heavy atom. The number of nitrogens with one attached hydrogen (secondary N) is 2. The fourth-order valence-electron chi connectivity index (χ4n) is 3.38. The Hall–Kier alpha value is -2.01. The molecule has 0 spiro atoms. The zero-order valence-corrected chi connectivity index (χ0v) is 15.9. The third kappa shape index (κ3) is 4.21. The van der Waals surface area contributed by atoms with Crippen LogP contribution in [0.4, 0.5) is 4.39 Å². The molecule has 0 aliphatic carbocycles. The van der Waals surface area contributed by atoms with Gasteiger partial charge in [0.1, 0.15) is 17.5 Å². The second kappa shape index (κ2) is 8.58. The molecule has 0 bridgehead atoms. The first-order valence-corrected chi connectivity index (χ1v) is 9.65. The third-order valence-electron chi connectivity index (χ3n) is 4.84. The molecular formula is C20H26ClFN4. The largest absolute Gasteiger partial charge is 0.370 e. The van der Waals surface area contributed by atoms with E-state index in [1.54, 1.807) is 6.07 Å². The number of benzene rings is 1. The predicted molar refractivity (Wildman–Crippen MR) is 105 cm³/mol. The highest BCUT2D eigenvalue weighted by atomic mass is 35.5. The maximum absolute atomic E-state index is 14.8. The lowest BCUT2D eigenvalue weighted by atomic mass is 10.1. The van der Waals surface area contributed by atoms with E-state index in [9.17, 15) is 4.39 Å². The summed E-state index contributed by atoms with van der Waals surface area (Å²) in [4.78, 5) is 4.08. The van der Waals surface area contributed by atoms with Crippen molar-refractivity contribution in [3.05, 3.63) is 58.1 Å². The van der Waals surface area contributed by atoms with Gasteiger partial charge in [0, 0.05) is 48.9 Å². The van der Waals surface area contributed by atoms with Gasteiger partial charge in [-0.1, -0.05) is 30.7 Å². The number of hydrogen-bond acceptors (Lipinski definition) is 3. The molecule has 0 radical (unpaired) electrons. The van der Waals surface area contributed by atoms with Gasteiger partial charge in [-0.25, -0.2) is 4.39 Å². The minimum Gasteiger partial charge on any atom is -0.370 e. The van der Waals surface area contributed by atoms with Gasteiger partial charge in [0.2, 0.25) is 0 Å². The number of hydrogen-bond donors (Lipinski definition) is 2. The van der Waals surface area contributed by atoms with Crippen LogP contribution in [0, 0.1) is 11.2 Å². The van der Waals surface area contributed by atoms with Crippen molar-refractivity contribution in [2.45, 2.75) is 32.7 Å². The maximum atomic E-state index is 14.8. The smallest absolute Gasteiger partial charge is 0.130 e. The van der Waals surface area contributed by atoms with Crippen molar-refractivity contribution in [1.29, 1.82) is 5.41 Å². The molecule has 1 aromatic rings. The van der Waals surface area contributed by atoms with E-state index in [0.717, 1.165) is 51.3 Å². The average Bonchev–Trinajstić information content (AvgIpc) is 3.29. The number of allylic oxidation sites excluding steroid dienone is 3. The highest BCUT2D eigenvalue weighted by molar-refractivity contribution is 6.31. The summed E-state index contributed by atoms with van der Waals surface area (Å²) in [6.07, 6.45) is 9.26. The number of amidine groups is 1. The minimum atomic E-state index is -0.341. The lowest BCUT2D eigenvalue weighted by molar-refractivity contribution is 0.380. The van der Waals surface area contributed by atoms with Crippen LogP contribution in [0.2, 0.25) is 5.02 Å². The van der Waals surface area contributed by atoms with Crippen LogP contribution in [0.25, 0.3) is 0 Å². The molecule has 2 N–H and O–H groups in total. The predicted octanol–water partition coefficient (Wildman–Crippen LogP) is 4.11. The van der Waals surface area contributed by atoms with E-state index in [4.69, 9.17) is 17.0 Å². The SMILES string of the molecule is CC/C=C/C=C1\NCCN1Cc1c(F)cc(C(=N)N2CCCC2)cc1Cl. The van der Waals surface area contributed by atoms with Gasteiger partial charge in [-0.05, 0) is 37.5 Å². The fraction of sp³-hybridized carbons (Fsp3) is 0.450. The number of likely N-dealkylation sites (tertiary alicyclic amines) is 1. The van der Waals surface area contributed by atoms with Crippen LogP contribution in [0.15, 0.2) is 36.2 Å². The van der Waals surface area contributed by atoms with Crippen molar-refractivity contribution in [3.63, 3.8) is 0 Å². The van der Waals surface area contributed by atoms with Crippen molar-refractivity contribution in [1.82, 2.24) is 15.1 Å². The van der Waals surface area contributed by atoms with E-state index in [1.807, 2.05) is 17.1 Å². The number of halogens is 2. The second-order valence-electron chi connectivity index (χ2n) is 6.70. The molecule has 2 aliphatic heterocycles. The topological polar surface area (TPSA) is 42.4 Å². The Balaban J connectivity index is 1.77. The summed E-state index contributed by atoms with van der Waals surface area (Å²) in [5.41, 5.74) is 1.04. The van der Waals surface area contributed by atoms with Gasteiger partial charge in [0.05, 0.1) is 0 Å². The van der Waals surface area contributed by atoms with Crippen LogP contribution >= 0.6 is 11.6 Å². The molecular weight excluding hydrogens is 351 g/mol. The Kier molecular flexibility index (Phi) is 6.20. The molecule has 26 heavy (non-hydrogen) atoms. The molecule has 2 aliphatic rings. The second-order valence-corrected chi connectivity index (χ2v) is 7.11. The molecule has 2 fully saturated rings. The average molecular weight is 377 g/mol. The third-order valence-corrected chi connectivity index (χ3v) is 5.18. The molecule has 4 nitrogen and oxygen atoms in total. The minimum absolute atomic E-state index is 0.341. The number of rotatable bonds is 5. The van der Waals surface area contributed by atoms with Gasteiger partial charge in [0.25, 0.3) is 0 Å². The van der Waals surface area contributed by atoms with Gasteiger partial charge in [-0.2, -0.15) is 0 Å². The molecule has 2 saturated heterocycles. The molecule has 6 heteroatoms. The summed E-state index contributed by atoms with van der Waals surface area (Å²) in [7, 11) is 0. The molecule has 3 rings (SSSR count). The monoisotopic (exact) mass is 376 g/mol. The molecule has 0 unspecified atom stereocenters. The van der Waals surface area contributed by atoms with Crippen LogP contribution in [0.3, 0.4) is 0 Å². The van der Waals surface area contributed by atoms with E-state index >= 15 is 0 Å². The van der Waals surface area contributed by atoms with Crippen LogP contribution in [0.1, 0.15) is 37.3 Å². The van der Waals surface area contributed by atoms with Crippen LogP contribution in [0.5, 0.6) is 0 Å². The van der Waals surface area contributed by atoms with E-state index in [1.165, 1.54) is 6.07 Å². The van der Waals surface area contributed by atoms with Gasteiger partial charge >= 0.3 is 0 Å². The standard InChI is InChI=1S/C20H26ClFN4/c1-2-3-4-7-19-24-8-11-26(19)14-16-17(21)12-15(13-18(16)22)20(23)25-9-5-6-10-25/h3-4,7,12-13,23-24H,2,5-6,8-11,14H2,1H3/b4-3+,19-7+,23-20?. The van der Waals surface area contributed by atoms with Crippen molar-refractivity contribution in [3.8, 4) is 0 Å². The van der Waals surface area contributed by atoms with Crippen molar-refractivity contribution in [2.24, 2.45) is 0 Å². The lowest BCUT2D eigenvalue weighted by Gasteiger charge is -2.22. The van der Waals surface area contributed by atoms with E-state index in [0.29, 0.717) is 28.5 Å². The summed E-state index contributed by atoms with van der Waals surface area (Å²) in [5.74, 6) is 1.01. The first kappa shape index (κ1) is 18.8. The summed E-state index contributed by atoms with van der Waals surface area (Å²) in [6.45, 7) is 5.87. The van der Waals surface area contributed by atoms with Crippen LogP contribution in [-0.4, -0.2) is 41.8 Å². The molecule has 0 saturated carbocycles. The van der Waals surface area contributed by atoms with Crippen LogP contribution < -0.4 is 5.32 Å². The van der Waals surface area contributed by atoms with E-state index in [-0.39, 0.29) is 5.82 Å². The lowest BCUT2D eigenvalue weighted by Crippen LogP contribution is -2.28. The molecule has 2 heterocycles. The summed E-state index contributed by atoms with van der Waals surface area (Å²) >= 11 is 6.40. The Bertz CT molecular complexity index is 700. The Morgan fingerprint density at radius 3 is 2.77 bits per heavy atom. The molecule has 1 aromatic carbocycles. The van der Waals surface area contributed by atoms with Crippen LogP contribution in [-0.2, 0) is 6.54 Å². The van der Waals surface area contributed by atoms with E-state index < -0.39 is 0 Å². The highest BCUT2D eigenvalue weighted by Crippen LogP contribution is 2.26. The maximum Gasteiger partial charge on any atom is 0.130 e. The zero-order valence-electron chi connectivity index (χ0n) is 15.2. The zero-order chi connectivity index (χ0) is 18.5. The Morgan fingerprint density at radius 1 is 1.31 bits per heavy atom.